The molecule has 9 heteroatoms. The molecule has 1 aromatic carbocycles. The lowest BCUT2D eigenvalue weighted by atomic mass is 9.96. The van der Waals surface area contributed by atoms with Crippen molar-refractivity contribution in [3.05, 3.63) is 18.2 Å². The molecule has 8 nitrogen and oxygen atoms in total. The number of nitrogens with one attached hydrogen (secondary N) is 2. The van der Waals surface area contributed by atoms with E-state index in [1.54, 1.807) is 33.8 Å². The number of sulfonamides is 1. The molecule has 2 N–H and O–H groups in total. The molecule has 2 amide bonds. The van der Waals surface area contributed by atoms with Gasteiger partial charge in [-0.3, -0.25) is 9.59 Å². The first-order valence-corrected chi connectivity index (χ1v) is 10.1. The highest BCUT2D eigenvalue weighted by molar-refractivity contribution is 7.89. The second-order valence-corrected chi connectivity index (χ2v) is 9.31. The van der Waals surface area contributed by atoms with Crippen molar-refractivity contribution >= 4 is 27.5 Å². The van der Waals surface area contributed by atoms with Gasteiger partial charge in [0, 0.05) is 38.2 Å². The van der Waals surface area contributed by atoms with E-state index in [0.717, 1.165) is 4.31 Å². The summed E-state index contributed by atoms with van der Waals surface area (Å²) >= 11 is 0. The summed E-state index contributed by atoms with van der Waals surface area (Å²) in [5.74, 6) is -0.251. The molecule has 0 aromatic heterocycles. The van der Waals surface area contributed by atoms with Crippen LogP contribution in [-0.4, -0.2) is 51.8 Å². The lowest BCUT2D eigenvalue weighted by molar-refractivity contribution is -0.128. The van der Waals surface area contributed by atoms with Gasteiger partial charge in [-0.05, 0) is 25.1 Å². The Labute approximate surface area is 161 Å². The Morgan fingerprint density at radius 2 is 1.81 bits per heavy atom. The van der Waals surface area contributed by atoms with Crippen LogP contribution < -0.4 is 15.4 Å². The third-order valence-electron chi connectivity index (χ3n) is 3.60. The highest BCUT2D eigenvalue weighted by atomic mass is 32.2. The van der Waals surface area contributed by atoms with E-state index in [4.69, 9.17) is 4.74 Å². The second-order valence-electron chi connectivity index (χ2n) is 7.19. The minimum Gasteiger partial charge on any atom is -0.492 e. The number of amides is 2. The maximum Gasteiger partial charge on any atom is 0.246 e. The summed E-state index contributed by atoms with van der Waals surface area (Å²) in [7, 11) is -0.883. The molecule has 0 heterocycles. The van der Waals surface area contributed by atoms with E-state index in [9.17, 15) is 18.0 Å². The van der Waals surface area contributed by atoms with Crippen molar-refractivity contribution in [1.29, 1.82) is 0 Å². The first-order chi connectivity index (χ1) is 12.4. The molecule has 0 aliphatic carbocycles. The number of anilines is 1. The Morgan fingerprint density at radius 1 is 1.19 bits per heavy atom. The van der Waals surface area contributed by atoms with Gasteiger partial charge in [0.1, 0.15) is 10.6 Å². The van der Waals surface area contributed by atoms with Crippen LogP contribution >= 0.6 is 0 Å². The minimum atomic E-state index is -3.73. The average Bonchev–Trinajstić information content (AvgIpc) is 2.55. The number of carbonyl (C=O) groups is 2. The standard InChI is InChI=1S/C18H29N3O5S/c1-7-26-14-9-8-13(12-15(14)27(24,25)21(5)6)20-16(22)10-11-19-17(23)18(2,3)4/h8-9,12H,7,10-11H2,1-6H3,(H,19,23)(H,20,22). The maximum absolute atomic E-state index is 12.5. The lowest BCUT2D eigenvalue weighted by Crippen LogP contribution is -2.36. The third-order valence-corrected chi connectivity index (χ3v) is 5.44. The topological polar surface area (TPSA) is 105 Å². The first-order valence-electron chi connectivity index (χ1n) is 8.67. The predicted octanol–water partition coefficient (Wildman–Crippen LogP) is 1.83. The van der Waals surface area contributed by atoms with Crippen LogP contribution in [0.3, 0.4) is 0 Å². The first kappa shape index (κ1) is 22.9. The van der Waals surface area contributed by atoms with E-state index >= 15 is 0 Å². The number of carbonyl (C=O) groups excluding carboxylic acids is 2. The smallest absolute Gasteiger partial charge is 0.246 e. The Bertz CT molecular complexity index is 783. The van der Waals surface area contributed by atoms with Crippen LogP contribution in [0.2, 0.25) is 0 Å². The zero-order valence-corrected chi connectivity index (χ0v) is 17.6. The van der Waals surface area contributed by atoms with E-state index in [0.29, 0.717) is 12.3 Å². The van der Waals surface area contributed by atoms with Crippen LogP contribution in [0.4, 0.5) is 5.69 Å². The highest BCUT2D eigenvalue weighted by Crippen LogP contribution is 2.29. The number of benzene rings is 1. The summed E-state index contributed by atoms with van der Waals surface area (Å²) in [5.41, 5.74) is -0.188. The number of nitrogens with zero attached hydrogens (tertiary/aromatic N) is 1. The second kappa shape index (κ2) is 9.18. The summed E-state index contributed by atoms with van der Waals surface area (Å²) in [6, 6.07) is 4.45. The maximum atomic E-state index is 12.5. The Kier molecular flexibility index (Phi) is 7.79. The van der Waals surface area contributed by atoms with E-state index < -0.39 is 15.4 Å². The molecule has 0 spiro atoms. The molecule has 0 fully saturated rings. The van der Waals surface area contributed by atoms with Crippen molar-refractivity contribution in [2.24, 2.45) is 5.41 Å². The highest BCUT2D eigenvalue weighted by Gasteiger charge is 2.23. The molecule has 152 valence electrons. The van der Waals surface area contributed by atoms with Gasteiger partial charge in [-0.1, -0.05) is 20.8 Å². The fraction of sp³-hybridized carbons (Fsp3) is 0.556. The van der Waals surface area contributed by atoms with E-state index in [-0.39, 0.29) is 35.4 Å². The molecule has 0 atom stereocenters. The molecular formula is C18H29N3O5S. The Hall–Kier alpha value is -2.13. The largest absolute Gasteiger partial charge is 0.492 e. The van der Waals surface area contributed by atoms with Gasteiger partial charge in [-0.2, -0.15) is 0 Å². The van der Waals surface area contributed by atoms with Crippen LogP contribution in [0.5, 0.6) is 5.75 Å². The molecule has 27 heavy (non-hydrogen) atoms. The SMILES string of the molecule is CCOc1ccc(NC(=O)CCNC(=O)C(C)(C)C)cc1S(=O)(=O)N(C)C. The summed E-state index contributed by atoms with van der Waals surface area (Å²) in [6.45, 7) is 7.63. The molecule has 0 unspecified atom stereocenters. The Morgan fingerprint density at radius 3 is 2.33 bits per heavy atom. The molecule has 0 aliphatic heterocycles. The van der Waals surface area contributed by atoms with Crippen LogP contribution in [0, 0.1) is 5.41 Å². The summed E-state index contributed by atoms with van der Waals surface area (Å²) in [6.07, 6.45) is 0.0742. The van der Waals surface area contributed by atoms with E-state index in [2.05, 4.69) is 10.6 Å². The molecule has 1 rings (SSSR count). The molecule has 0 radical (unpaired) electrons. The lowest BCUT2D eigenvalue weighted by Gasteiger charge is -2.18. The van der Waals surface area contributed by atoms with Crippen LogP contribution in [0.1, 0.15) is 34.1 Å². The quantitative estimate of drug-likeness (QED) is 0.694. The predicted molar refractivity (Wildman–Crippen MR) is 104 cm³/mol. The van der Waals surface area contributed by atoms with Crippen molar-refractivity contribution in [3.63, 3.8) is 0 Å². The normalized spacial score (nSPS) is 12.0. The number of ether oxygens (including phenoxy) is 1. The van der Waals surface area contributed by atoms with Crippen molar-refractivity contribution < 1.29 is 22.7 Å². The molecule has 1 aromatic rings. The minimum absolute atomic E-state index is 0.0202. The molecule has 0 saturated carbocycles. The zero-order valence-electron chi connectivity index (χ0n) is 16.8. The van der Waals surface area contributed by atoms with Gasteiger partial charge in [0.15, 0.2) is 0 Å². The monoisotopic (exact) mass is 399 g/mol. The summed E-state index contributed by atoms with van der Waals surface area (Å²) < 4.78 is 31.5. The van der Waals surface area contributed by atoms with E-state index in [1.165, 1.54) is 26.2 Å². The van der Waals surface area contributed by atoms with Crippen molar-refractivity contribution in [1.82, 2.24) is 9.62 Å². The van der Waals surface area contributed by atoms with Crippen LogP contribution in [0.15, 0.2) is 23.1 Å². The summed E-state index contributed by atoms with van der Waals surface area (Å²) in [4.78, 5) is 23.9. The molecule has 0 aliphatic rings. The number of hydrogen-bond acceptors (Lipinski definition) is 5. The van der Waals surface area contributed by atoms with E-state index in [1.807, 2.05) is 0 Å². The number of hydrogen-bond donors (Lipinski definition) is 2. The number of rotatable bonds is 8. The fourth-order valence-corrected chi connectivity index (χ4v) is 3.09. The Balaban J connectivity index is 2.86. The van der Waals surface area contributed by atoms with Crippen molar-refractivity contribution in [2.75, 3.05) is 32.6 Å². The van der Waals surface area contributed by atoms with Gasteiger partial charge in [-0.15, -0.1) is 0 Å². The van der Waals surface area contributed by atoms with Gasteiger partial charge in [0.25, 0.3) is 0 Å². The zero-order chi connectivity index (χ0) is 20.8. The van der Waals surface area contributed by atoms with Gasteiger partial charge < -0.3 is 15.4 Å². The summed E-state index contributed by atoms with van der Waals surface area (Å²) in [5, 5.41) is 5.34. The van der Waals surface area contributed by atoms with Crippen LogP contribution in [0.25, 0.3) is 0 Å². The van der Waals surface area contributed by atoms with Crippen LogP contribution in [-0.2, 0) is 19.6 Å². The van der Waals surface area contributed by atoms with Crippen molar-refractivity contribution in [3.8, 4) is 5.75 Å². The average molecular weight is 400 g/mol. The van der Waals surface area contributed by atoms with Gasteiger partial charge >= 0.3 is 0 Å². The van der Waals surface area contributed by atoms with Gasteiger partial charge in [0.2, 0.25) is 21.8 Å². The molecular weight excluding hydrogens is 370 g/mol. The third kappa shape index (κ3) is 6.51. The van der Waals surface area contributed by atoms with Crippen molar-refractivity contribution in [2.45, 2.75) is 39.0 Å². The molecule has 0 saturated heterocycles. The van der Waals surface area contributed by atoms with Gasteiger partial charge in [0.05, 0.1) is 6.61 Å². The van der Waals surface area contributed by atoms with Gasteiger partial charge in [-0.25, -0.2) is 12.7 Å². The molecule has 0 bridgehead atoms. The fourth-order valence-electron chi connectivity index (χ4n) is 2.04.